The third-order valence-electron chi connectivity index (χ3n) is 3.79. The summed E-state index contributed by atoms with van der Waals surface area (Å²) in [7, 11) is -3.30. The van der Waals surface area contributed by atoms with Crippen LogP contribution in [-0.4, -0.2) is 36.7 Å². The minimum Gasteiger partial charge on any atom is -0.368 e. The first kappa shape index (κ1) is 18.3. The summed E-state index contributed by atoms with van der Waals surface area (Å²) >= 11 is 0. The van der Waals surface area contributed by atoms with E-state index in [9.17, 15) is 8.42 Å². The average Bonchev–Trinajstić information content (AvgIpc) is 2.58. The van der Waals surface area contributed by atoms with Crippen molar-refractivity contribution in [2.45, 2.75) is 19.4 Å². The molecule has 0 aliphatic heterocycles. The van der Waals surface area contributed by atoms with Crippen molar-refractivity contribution in [3.63, 3.8) is 0 Å². The Kier molecular flexibility index (Phi) is 4.93. The number of rotatable bonds is 6. The van der Waals surface area contributed by atoms with E-state index in [0.717, 1.165) is 22.7 Å². The lowest BCUT2D eigenvalue weighted by molar-refractivity contribution is 0.476. The maximum Gasteiger partial charge on any atom is 0.209 e. The summed E-state index contributed by atoms with van der Waals surface area (Å²) in [6, 6.07) is 17.5. The van der Waals surface area contributed by atoms with Gasteiger partial charge in [0.15, 0.2) is 5.82 Å². The molecule has 0 saturated heterocycles. The average molecular weight is 370 g/mol. The molecule has 26 heavy (non-hydrogen) atoms. The number of sulfonamides is 1. The third-order valence-corrected chi connectivity index (χ3v) is 4.72. The van der Waals surface area contributed by atoms with Gasteiger partial charge in [-0.1, -0.05) is 42.5 Å². The lowest BCUT2D eigenvalue weighted by atomic mass is 10.1. The molecule has 136 valence electrons. The van der Waals surface area contributed by atoms with Gasteiger partial charge in [-0.3, -0.25) is 0 Å². The van der Waals surface area contributed by atoms with Crippen molar-refractivity contribution in [3.05, 3.63) is 54.6 Å². The maximum atomic E-state index is 11.5. The summed E-state index contributed by atoms with van der Waals surface area (Å²) in [5.74, 6) is 1.30. The molecule has 6 nitrogen and oxygen atoms in total. The molecule has 0 fully saturated rings. The van der Waals surface area contributed by atoms with Crippen molar-refractivity contribution in [1.82, 2.24) is 14.7 Å². The van der Waals surface area contributed by atoms with Crippen molar-refractivity contribution in [1.29, 1.82) is 0 Å². The van der Waals surface area contributed by atoms with E-state index in [4.69, 9.17) is 0 Å². The molecule has 0 radical (unpaired) electrons. The van der Waals surface area contributed by atoms with Crippen LogP contribution in [0.25, 0.3) is 22.3 Å². The fourth-order valence-electron chi connectivity index (χ4n) is 2.77. The first-order valence-corrected chi connectivity index (χ1v) is 10.2. The molecule has 0 unspecified atom stereocenters. The molecule has 1 heterocycles. The Morgan fingerprint density at radius 2 is 1.62 bits per heavy atom. The van der Waals surface area contributed by atoms with Gasteiger partial charge in [-0.15, -0.1) is 0 Å². The lowest BCUT2D eigenvalue weighted by Crippen LogP contribution is -2.47. The van der Waals surface area contributed by atoms with E-state index in [0.29, 0.717) is 18.2 Å². The monoisotopic (exact) mass is 370 g/mol. The molecule has 1 aromatic heterocycles. The molecule has 0 bridgehead atoms. The van der Waals surface area contributed by atoms with Crippen molar-refractivity contribution in [2.75, 3.05) is 18.1 Å². The van der Waals surface area contributed by atoms with E-state index >= 15 is 0 Å². The number of anilines is 1. The van der Waals surface area contributed by atoms with Gasteiger partial charge in [-0.05, 0) is 26.0 Å². The van der Waals surface area contributed by atoms with Gasteiger partial charge >= 0.3 is 0 Å². The van der Waals surface area contributed by atoms with Gasteiger partial charge in [-0.25, -0.2) is 23.1 Å². The predicted octanol–water partition coefficient (Wildman–Crippen LogP) is 3.04. The lowest BCUT2D eigenvalue weighted by Gasteiger charge is -2.26. The number of hydrogen-bond acceptors (Lipinski definition) is 5. The van der Waals surface area contributed by atoms with Crippen LogP contribution >= 0.6 is 0 Å². The quantitative estimate of drug-likeness (QED) is 0.697. The van der Waals surface area contributed by atoms with Crippen molar-refractivity contribution >= 4 is 26.7 Å². The first-order valence-electron chi connectivity index (χ1n) is 8.29. The zero-order valence-electron chi connectivity index (χ0n) is 15.0. The largest absolute Gasteiger partial charge is 0.368 e. The maximum absolute atomic E-state index is 11.5. The minimum atomic E-state index is -3.30. The highest BCUT2D eigenvalue weighted by atomic mass is 32.2. The fourth-order valence-corrected chi connectivity index (χ4v) is 3.85. The molecule has 3 aromatic rings. The van der Waals surface area contributed by atoms with Crippen molar-refractivity contribution in [2.24, 2.45) is 0 Å². The van der Waals surface area contributed by atoms with Gasteiger partial charge in [0.05, 0.1) is 11.8 Å². The molecule has 0 spiro atoms. The second kappa shape index (κ2) is 7.01. The molecular formula is C19H22N4O2S. The van der Waals surface area contributed by atoms with Crippen LogP contribution in [0, 0.1) is 0 Å². The Morgan fingerprint density at radius 1 is 0.962 bits per heavy atom. The molecule has 2 N–H and O–H groups in total. The second-order valence-electron chi connectivity index (χ2n) is 6.89. The van der Waals surface area contributed by atoms with Crippen LogP contribution in [0.4, 0.5) is 5.82 Å². The van der Waals surface area contributed by atoms with Gasteiger partial charge in [0, 0.05) is 23.0 Å². The molecule has 3 rings (SSSR count). The first-order chi connectivity index (χ1) is 12.2. The highest BCUT2D eigenvalue weighted by Gasteiger charge is 2.22. The van der Waals surface area contributed by atoms with Gasteiger partial charge in [-0.2, -0.15) is 0 Å². The fraction of sp³-hybridized carbons (Fsp3) is 0.263. The number of aromatic nitrogens is 2. The zero-order chi connectivity index (χ0) is 18.8. The van der Waals surface area contributed by atoms with Crippen LogP contribution in [0.1, 0.15) is 13.8 Å². The molecule has 0 aliphatic rings. The van der Waals surface area contributed by atoms with Crippen LogP contribution in [0.15, 0.2) is 54.6 Å². The normalized spacial score (nSPS) is 12.3. The number of fused-ring (bicyclic) bond motifs is 1. The van der Waals surface area contributed by atoms with Gasteiger partial charge in [0.25, 0.3) is 0 Å². The van der Waals surface area contributed by atoms with Crippen LogP contribution < -0.4 is 10.0 Å². The summed E-state index contributed by atoms with van der Waals surface area (Å²) in [6.07, 6.45) is 1.16. The van der Waals surface area contributed by atoms with Gasteiger partial charge in [0.2, 0.25) is 10.0 Å². The van der Waals surface area contributed by atoms with E-state index < -0.39 is 15.6 Å². The molecule has 0 amide bonds. The van der Waals surface area contributed by atoms with Crippen LogP contribution in [0.3, 0.4) is 0 Å². The Hall–Kier alpha value is -2.51. The highest BCUT2D eigenvalue weighted by Crippen LogP contribution is 2.25. The summed E-state index contributed by atoms with van der Waals surface area (Å²) in [5, 5.41) is 4.17. The van der Waals surface area contributed by atoms with Crippen LogP contribution in [-0.2, 0) is 10.0 Å². The summed E-state index contributed by atoms with van der Waals surface area (Å²) < 4.78 is 25.7. The number of hydrogen-bond donors (Lipinski definition) is 2. The molecular weight excluding hydrogens is 348 g/mol. The minimum absolute atomic E-state index is 0.384. The van der Waals surface area contributed by atoms with Crippen molar-refractivity contribution < 1.29 is 8.42 Å². The van der Waals surface area contributed by atoms with E-state index in [1.54, 1.807) is 0 Å². The van der Waals surface area contributed by atoms with E-state index in [-0.39, 0.29) is 0 Å². The summed E-state index contributed by atoms with van der Waals surface area (Å²) in [6.45, 7) is 4.03. The highest BCUT2D eigenvalue weighted by molar-refractivity contribution is 7.88. The van der Waals surface area contributed by atoms with Crippen molar-refractivity contribution in [3.8, 4) is 11.4 Å². The van der Waals surface area contributed by atoms with Crippen LogP contribution in [0.5, 0.6) is 0 Å². The molecule has 0 atom stereocenters. The third kappa shape index (κ3) is 4.56. The number of para-hydroxylation sites is 1. The van der Waals surface area contributed by atoms with Crippen LogP contribution in [0.2, 0.25) is 0 Å². The molecule has 0 aliphatic carbocycles. The smallest absolute Gasteiger partial charge is 0.209 e. The van der Waals surface area contributed by atoms with Gasteiger partial charge < -0.3 is 5.32 Å². The molecule has 0 saturated carbocycles. The number of nitrogens with one attached hydrogen (secondary N) is 2. The Balaban J connectivity index is 1.97. The predicted molar refractivity (Wildman–Crippen MR) is 106 cm³/mol. The SMILES string of the molecule is CC(C)(CNc1nc(-c2ccccc2)nc2ccccc12)NS(C)(=O)=O. The van der Waals surface area contributed by atoms with E-state index in [1.807, 2.05) is 68.4 Å². The summed E-state index contributed by atoms with van der Waals surface area (Å²) in [4.78, 5) is 9.32. The van der Waals surface area contributed by atoms with E-state index in [1.165, 1.54) is 0 Å². The summed E-state index contributed by atoms with van der Waals surface area (Å²) in [5.41, 5.74) is 1.10. The number of benzene rings is 2. The zero-order valence-corrected chi connectivity index (χ0v) is 15.8. The molecule has 7 heteroatoms. The second-order valence-corrected chi connectivity index (χ2v) is 8.64. The standard InChI is InChI=1S/C19H22N4O2S/c1-19(2,23-26(3,24)25)13-20-18-15-11-7-8-12-16(15)21-17(22-18)14-9-5-4-6-10-14/h4-12,23H,13H2,1-3H3,(H,20,21,22). The Morgan fingerprint density at radius 3 is 2.31 bits per heavy atom. The topological polar surface area (TPSA) is 84.0 Å². The number of nitrogens with zero attached hydrogens (tertiary/aromatic N) is 2. The Bertz CT molecular complexity index is 1020. The van der Waals surface area contributed by atoms with Gasteiger partial charge in [0.1, 0.15) is 5.82 Å². The van der Waals surface area contributed by atoms with E-state index in [2.05, 4.69) is 20.0 Å². The Labute approximate surface area is 153 Å². The molecule has 2 aromatic carbocycles.